The average molecular weight is 699 g/mol. The van der Waals surface area contributed by atoms with Gasteiger partial charge in [0.05, 0.1) is 31.9 Å². The minimum atomic E-state index is -2.34. The Balaban J connectivity index is 1.87. The number of nitrogens with one attached hydrogen (secondary N) is 1. The SMILES string of the molecule is COC(=O)C[C@@H](CC(=O)C=Cc1c(-c2ccc(F)cc2)c(-c2ccccc2)c(C(=O)NCc2ncccn2)n1C(C)C)O[Si](C)(C)C(C)(C)C. The Bertz CT molecular complexity index is 1820. The molecule has 0 saturated carbocycles. The zero-order valence-corrected chi connectivity index (χ0v) is 31.1. The van der Waals surface area contributed by atoms with Crippen molar-refractivity contribution in [1.29, 1.82) is 0 Å². The van der Waals surface area contributed by atoms with Gasteiger partial charge < -0.3 is 19.0 Å². The molecule has 264 valence electrons. The fourth-order valence-corrected chi connectivity index (χ4v) is 6.83. The van der Waals surface area contributed by atoms with Gasteiger partial charge in [0.2, 0.25) is 0 Å². The van der Waals surface area contributed by atoms with Gasteiger partial charge in [-0.3, -0.25) is 14.4 Å². The number of allylic oxidation sites excluding steroid dienone is 1. The van der Waals surface area contributed by atoms with Crippen molar-refractivity contribution >= 4 is 32.1 Å². The molecular weight excluding hydrogens is 652 g/mol. The van der Waals surface area contributed by atoms with Crippen LogP contribution in [0.1, 0.15) is 75.5 Å². The zero-order valence-electron chi connectivity index (χ0n) is 30.1. The fraction of sp³-hybridized carbons (Fsp3) is 0.359. The molecule has 1 N–H and O–H groups in total. The standard InChI is InChI=1S/C39H47FN4O5Si/c1-26(2)44-32(20-19-30(45)23-31(24-34(46)48-6)49-50(7,8)39(3,4)5)35(28-15-17-29(40)18-16-28)36(27-13-10-9-11-14-27)37(44)38(47)43-25-33-41-21-12-22-42-33/h9-22,26,31H,23-25H2,1-8H3,(H,43,47)/t31-/m1/s1. The number of hydrogen-bond donors (Lipinski definition) is 1. The molecule has 2 aromatic heterocycles. The summed E-state index contributed by atoms with van der Waals surface area (Å²) in [4.78, 5) is 48.8. The molecule has 0 bridgehead atoms. The lowest BCUT2D eigenvalue weighted by Gasteiger charge is -2.39. The second-order valence-electron chi connectivity index (χ2n) is 14.0. The van der Waals surface area contributed by atoms with Crippen LogP contribution in [0.25, 0.3) is 28.3 Å². The van der Waals surface area contributed by atoms with Crippen molar-refractivity contribution in [2.24, 2.45) is 0 Å². The molecule has 4 rings (SSSR count). The number of esters is 1. The number of nitrogens with zero attached hydrogens (tertiary/aromatic N) is 3. The van der Waals surface area contributed by atoms with Gasteiger partial charge in [0.25, 0.3) is 5.91 Å². The highest BCUT2D eigenvalue weighted by molar-refractivity contribution is 6.74. The van der Waals surface area contributed by atoms with Crippen LogP contribution in [0, 0.1) is 5.82 Å². The molecule has 11 heteroatoms. The van der Waals surface area contributed by atoms with E-state index in [1.54, 1.807) is 36.7 Å². The largest absolute Gasteiger partial charge is 0.469 e. The molecule has 0 aliphatic heterocycles. The fourth-order valence-electron chi connectivity index (χ4n) is 5.47. The molecule has 0 saturated heterocycles. The van der Waals surface area contributed by atoms with Gasteiger partial charge in [-0.25, -0.2) is 14.4 Å². The van der Waals surface area contributed by atoms with Crippen LogP contribution >= 0.6 is 0 Å². The number of ether oxygens (including phenoxy) is 1. The molecule has 0 spiro atoms. The highest BCUT2D eigenvalue weighted by atomic mass is 28.4. The van der Waals surface area contributed by atoms with Crippen LogP contribution in [0.2, 0.25) is 18.1 Å². The number of rotatable bonds is 14. The van der Waals surface area contributed by atoms with Crippen LogP contribution in [-0.4, -0.2) is 53.7 Å². The molecule has 0 aliphatic carbocycles. The van der Waals surface area contributed by atoms with Crippen molar-refractivity contribution in [2.75, 3.05) is 7.11 Å². The summed E-state index contributed by atoms with van der Waals surface area (Å²) in [6.45, 7) is 14.4. The molecule has 1 atom stereocenters. The summed E-state index contributed by atoms with van der Waals surface area (Å²) >= 11 is 0. The summed E-state index contributed by atoms with van der Waals surface area (Å²) in [5.74, 6) is -1.02. The van der Waals surface area contributed by atoms with Gasteiger partial charge in [-0.15, -0.1) is 0 Å². The van der Waals surface area contributed by atoms with Crippen molar-refractivity contribution in [3.05, 3.63) is 102 Å². The van der Waals surface area contributed by atoms with E-state index in [0.29, 0.717) is 33.9 Å². The number of benzene rings is 2. The van der Waals surface area contributed by atoms with E-state index in [2.05, 4.69) is 49.1 Å². The third-order valence-corrected chi connectivity index (χ3v) is 13.5. The molecular formula is C39H47FN4O5Si. The minimum Gasteiger partial charge on any atom is -0.469 e. The van der Waals surface area contributed by atoms with Crippen LogP contribution in [0.5, 0.6) is 0 Å². The van der Waals surface area contributed by atoms with E-state index in [4.69, 9.17) is 9.16 Å². The predicted octanol–water partition coefficient (Wildman–Crippen LogP) is 8.19. The summed E-state index contributed by atoms with van der Waals surface area (Å²) in [7, 11) is -1.03. The Labute approximate surface area is 295 Å². The summed E-state index contributed by atoms with van der Waals surface area (Å²) in [6.07, 6.45) is 5.62. The van der Waals surface area contributed by atoms with Crippen molar-refractivity contribution < 1.29 is 27.9 Å². The molecule has 1 amide bonds. The second-order valence-corrected chi connectivity index (χ2v) is 18.7. The molecule has 2 heterocycles. The Hall–Kier alpha value is -4.74. The topological polar surface area (TPSA) is 112 Å². The molecule has 50 heavy (non-hydrogen) atoms. The number of carbonyl (C=O) groups excluding carboxylic acids is 3. The van der Waals surface area contributed by atoms with Crippen molar-refractivity contribution in [2.45, 2.75) is 84.3 Å². The van der Waals surface area contributed by atoms with Crippen LogP contribution in [-0.2, 0) is 25.3 Å². The van der Waals surface area contributed by atoms with Crippen LogP contribution in [0.4, 0.5) is 4.39 Å². The monoisotopic (exact) mass is 698 g/mol. The molecule has 0 aliphatic rings. The Kier molecular flexibility index (Phi) is 12.4. The molecule has 9 nitrogen and oxygen atoms in total. The van der Waals surface area contributed by atoms with E-state index in [1.165, 1.54) is 25.3 Å². The van der Waals surface area contributed by atoms with E-state index >= 15 is 0 Å². The van der Waals surface area contributed by atoms with Gasteiger partial charge in [0, 0.05) is 36.0 Å². The van der Waals surface area contributed by atoms with Gasteiger partial charge >= 0.3 is 5.97 Å². The Morgan fingerprint density at radius 3 is 2.12 bits per heavy atom. The average Bonchev–Trinajstić information content (AvgIpc) is 3.42. The quantitative estimate of drug-likeness (QED) is 0.0803. The molecule has 0 fully saturated rings. The second kappa shape index (κ2) is 16.3. The Morgan fingerprint density at radius 1 is 0.920 bits per heavy atom. The van der Waals surface area contributed by atoms with Crippen LogP contribution < -0.4 is 5.32 Å². The number of hydrogen-bond acceptors (Lipinski definition) is 7. The molecule has 2 aromatic carbocycles. The molecule has 0 radical (unpaired) electrons. The maximum Gasteiger partial charge on any atom is 0.308 e. The third kappa shape index (κ3) is 9.28. The van der Waals surface area contributed by atoms with Gasteiger partial charge in [-0.05, 0) is 73.5 Å². The normalized spacial score (nSPS) is 12.7. The number of ketones is 1. The van der Waals surface area contributed by atoms with Gasteiger partial charge in [0.15, 0.2) is 14.1 Å². The lowest BCUT2D eigenvalue weighted by atomic mass is 9.94. The van der Waals surface area contributed by atoms with E-state index < -0.39 is 26.2 Å². The highest BCUT2D eigenvalue weighted by Crippen LogP contribution is 2.43. The maximum absolute atomic E-state index is 14.2. The third-order valence-electron chi connectivity index (χ3n) is 8.94. The maximum atomic E-state index is 14.2. The Morgan fingerprint density at radius 2 is 1.54 bits per heavy atom. The van der Waals surface area contributed by atoms with Crippen LogP contribution in [0.3, 0.4) is 0 Å². The van der Waals surface area contributed by atoms with Crippen LogP contribution in [0.15, 0.2) is 79.1 Å². The predicted molar refractivity (Wildman–Crippen MR) is 196 cm³/mol. The smallest absolute Gasteiger partial charge is 0.308 e. The summed E-state index contributed by atoms with van der Waals surface area (Å²) < 4.78 is 27.6. The van der Waals surface area contributed by atoms with E-state index in [1.807, 2.05) is 48.7 Å². The number of halogens is 1. The molecule has 4 aromatic rings. The van der Waals surface area contributed by atoms with E-state index in [0.717, 1.165) is 5.56 Å². The summed E-state index contributed by atoms with van der Waals surface area (Å²) in [6, 6.07) is 17.0. The van der Waals surface area contributed by atoms with Crippen molar-refractivity contribution in [3.63, 3.8) is 0 Å². The van der Waals surface area contributed by atoms with Crippen molar-refractivity contribution in [1.82, 2.24) is 19.9 Å². The number of amides is 1. The van der Waals surface area contributed by atoms with Gasteiger partial charge in [-0.2, -0.15) is 0 Å². The van der Waals surface area contributed by atoms with Gasteiger partial charge in [0.1, 0.15) is 17.3 Å². The number of aromatic nitrogens is 3. The first kappa shape index (κ1) is 38.1. The lowest BCUT2D eigenvalue weighted by Crippen LogP contribution is -2.44. The highest BCUT2D eigenvalue weighted by Gasteiger charge is 2.40. The zero-order chi connectivity index (χ0) is 36.6. The molecule has 0 unspecified atom stereocenters. The minimum absolute atomic E-state index is 0.0393. The lowest BCUT2D eigenvalue weighted by molar-refractivity contribution is -0.142. The van der Waals surface area contributed by atoms with E-state index in [9.17, 15) is 18.8 Å². The first-order chi connectivity index (χ1) is 23.6. The van der Waals surface area contributed by atoms with Gasteiger partial charge in [-0.1, -0.05) is 63.2 Å². The van der Waals surface area contributed by atoms with Crippen molar-refractivity contribution in [3.8, 4) is 22.3 Å². The number of carbonyl (C=O) groups is 3. The summed E-state index contributed by atoms with van der Waals surface area (Å²) in [5.41, 5.74) is 3.71. The number of methoxy groups -OCH3 is 1. The van der Waals surface area contributed by atoms with E-state index in [-0.39, 0.29) is 42.2 Å². The summed E-state index contributed by atoms with van der Waals surface area (Å²) in [5, 5.41) is 2.84. The first-order valence-corrected chi connectivity index (χ1v) is 19.6. The first-order valence-electron chi connectivity index (χ1n) is 16.7.